The van der Waals surface area contributed by atoms with Crippen LogP contribution in [-0.4, -0.2) is 20.1 Å². The Morgan fingerprint density at radius 1 is 1.14 bits per heavy atom. The summed E-state index contributed by atoms with van der Waals surface area (Å²) in [6, 6.07) is 11.5. The molecule has 0 atom stereocenters. The van der Waals surface area contributed by atoms with Crippen molar-refractivity contribution in [2.45, 2.75) is 4.90 Å². The van der Waals surface area contributed by atoms with E-state index in [1.54, 1.807) is 18.2 Å². The lowest BCUT2D eigenvalue weighted by atomic mass is 10.2. The number of aliphatic hydroxyl groups is 1. The van der Waals surface area contributed by atoms with Gasteiger partial charge in [0, 0.05) is 0 Å². The van der Waals surface area contributed by atoms with E-state index in [0.29, 0.717) is 0 Å². The quantitative estimate of drug-likeness (QED) is 0.852. The molecule has 2 N–H and O–H groups in total. The van der Waals surface area contributed by atoms with Crippen molar-refractivity contribution in [3.05, 3.63) is 59.9 Å². The van der Waals surface area contributed by atoms with Gasteiger partial charge in [0.05, 0.1) is 16.1 Å². The van der Waals surface area contributed by atoms with Crippen molar-refractivity contribution in [3.8, 4) is 11.8 Å². The summed E-state index contributed by atoms with van der Waals surface area (Å²) in [5.41, 5.74) is 0.208. The molecule has 4 nitrogen and oxygen atoms in total. The molecule has 0 unspecified atom stereocenters. The first-order valence-electron chi connectivity index (χ1n) is 6.00. The normalized spacial score (nSPS) is 10.6. The zero-order chi connectivity index (χ0) is 15.3. The van der Waals surface area contributed by atoms with Crippen LogP contribution in [0.15, 0.2) is 53.4 Å². The number of aliphatic hydroxyl groups excluding tert-OH is 1. The summed E-state index contributed by atoms with van der Waals surface area (Å²) < 4.78 is 40.1. The Kier molecular flexibility index (Phi) is 4.58. The molecule has 0 aliphatic rings. The van der Waals surface area contributed by atoms with E-state index >= 15 is 0 Å². The fourth-order valence-electron chi connectivity index (χ4n) is 1.63. The molecule has 21 heavy (non-hydrogen) atoms. The van der Waals surface area contributed by atoms with E-state index < -0.39 is 22.4 Å². The first-order chi connectivity index (χ1) is 10.0. The fourth-order valence-corrected chi connectivity index (χ4v) is 2.70. The van der Waals surface area contributed by atoms with Gasteiger partial charge in [0.2, 0.25) is 0 Å². The first kappa shape index (κ1) is 15.0. The zero-order valence-corrected chi connectivity index (χ0v) is 11.7. The Morgan fingerprint density at radius 2 is 1.86 bits per heavy atom. The van der Waals surface area contributed by atoms with Crippen LogP contribution in [0.3, 0.4) is 0 Å². The lowest BCUT2D eigenvalue weighted by molar-refractivity contribution is 0.350. The topological polar surface area (TPSA) is 66.4 Å². The second-order valence-electron chi connectivity index (χ2n) is 4.07. The smallest absolute Gasteiger partial charge is 0.261 e. The molecule has 2 aromatic rings. The van der Waals surface area contributed by atoms with Crippen LogP contribution < -0.4 is 4.72 Å². The van der Waals surface area contributed by atoms with Crippen molar-refractivity contribution in [1.29, 1.82) is 0 Å². The standard InChI is InChI=1S/C15H12FNO3S/c16-15-9-8-13(11-12(15)5-4-10-18)17-21(19,20)14-6-2-1-3-7-14/h1-3,6-9,11,17-18H,10H2. The number of benzene rings is 2. The molecule has 108 valence electrons. The van der Waals surface area contributed by atoms with Crippen molar-refractivity contribution in [2.24, 2.45) is 0 Å². The van der Waals surface area contributed by atoms with E-state index in [0.717, 1.165) is 6.07 Å². The highest BCUT2D eigenvalue weighted by Crippen LogP contribution is 2.18. The van der Waals surface area contributed by atoms with Gasteiger partial charge in [-0.2, -0.15) is 0 Å². The minimum Gasteiger partial charge on any atom is -0.384 e. The van der Waals surface area contributed by atoms with Gasteiger partial charge in [0.1, 0.15) is 12.4 Å². The largest absolute Gasteiger partial charge is 0.384 e. The van der Waals surface area contributed by atoms with Crippen LogP contribution in [0.2, 0.25) is 0 Å². The lowest BCUT2D eigenvalue weighted by Gasteiger charge is -2.08. The first-order valence-corrected chi connectivity index (χ1v) is 7.48. The number of nitrogens with one attached hydrogen (secondary N) is 1. The molecule has 2 rings (SSSR count). The van der Waals surface area contributed by atoms with Crippen molar-refractivity contribution in [1.82, 2.24) is 0 Å². The van der Waals surface area contributed by atoms with Crippen molar-refractivity contribution >= 4 is 15.7 Å². The molecule has 0 aliphatic carbocycles. The van der Waals surface area contributed by atoms with Gasteiger partial charge in [-0.3, -0.25) is 4.72 Å². The van der Waals surface area contributed by atoms with Gasteiger partial charge in [-0.05, 0) is 30.3 Å². The number of rotatable bonds is 3. The molecule has 6 heteroatoms. The third kappa shape index (κ3) is 3.81. The predicted molar refractivity (Wildman–Crippen MR) is 77.6 cm³/mol. The third-order valence-corrected chi connectivity index (χ3v) is 3.97. The van der Waals surface area contributed by atoms with Crippen LogP contribution in [0.5, 0.6) is 0 Å². The van der Waals surface area contributed by atoms with Crippen LogP contribution in [0.1, 0.15) is 5.56 Å². The summed E-state index contributed by atoms with van der Waals surface area (Å²) in [6.07, 6.45) is 0. The fraction of sp³-hybridized carbons (Fsp3) is 0.0667. The molecule has 0 amide bonds. The molecule has 0 radical (unpaired) electrons. The maximum absolute atomic E-state index is 13.5. The molecule has 0 saturated heterocycles. The van der Waals surface area contributed by atoms with Crippen molar-refractivity contribution < 1.29 is 17.9 Å². The number of anilines is 1. The van der Waals surface area contributed by atoms with E-state index in [9.17, 15) is 12.8 Å². The molecular formula is C15H12FNO3S. The second kappa shape index (κ2) is 6.39. The predicted octanol–water partition coefficient (Wildman–Crippen LogP) is 1.97. The minimum absolute atomic E-state index is 0.0114. The highest BCUT2D eigenvalue weighted by molar-refractivity contribution is 7.92. The Hall–Kier alpha value is -2.36. The van der Waals surface area contributed by atoms with Crippen LogP contribution >= 0.6 is 0 Å². The monoisotopic (exact) mass is 305 g/mol. The summed E-state index contributed by atoms with van der Waals surface area (Å²) in [5, 5.41) is 8.62. The van der Waals surface area contributed by atoms with E-state index in [1.165, 1.54) is 24.3 Å². The molecule has 0 fully saturated rings. The Morgan fingerprint density at radius 3 is 2.52 bits per heavy atom. The summed E-state index contributed by atoms with van der Waals surface area (Å²) in [6.45, 7) is -0.403. The number of hydrogen-bond acceptors (Lipinski definition) is 3. The summed E-state index contributed by atoms with van der Waals surface area (Å²) in [5.74, 6) is 4.15. The SMILES string of the molecule is O=S(=O)(Nc1ccc(F)c(C#CCO)c1)c1ccccc1. The van der Waals surface area contributed by atoms with Gasteiger partial charge in [0.15, 0.2) is 0 Å². The summed E-state index contributed by atoms with van der Waals surface area (Å²) >= 11 is 0. The van der Waals surface area contributed by atoms with Crippen molar-refractivity contribution in [2.75, 3.05) is 11.3 Å². The lowest BCUT2D eigenvalue weighted by Crippen LogP contribution is -2.13. The molecule has 0 aliphatic heterocycles. The summed E-state index contributed by atoms with van der Waals surface area (Å²) in [4.78, 5) is 0.109. The average molecular weight is 305 g/mol. The van der Waals surface area contributed by atoms with E-state index in [4.69, 9.17) is 5.11 Å². The maximum Gasteiger partial charge on any atom is 0.261 e. The van der Waals surface area contributed by atoms with E-state index in [1.807, 2.05) is 0 Å². The molecule has 0 spiro atoms. The number of halogens is 1. The van der Waals surface area contributed by atoms with Gasteiger partial charge in [-0.15, -0.1) is 0 Å². The zero-order valence-electron chi connectivity index (χ0n) is 10.9. The molecule has 0 heterocycles. The van der Waals surface area contributed by atoms with Crippen molar-refractivity contribution in [3.63, 3.8) is 0 Å². The third-order valence-electron chi connectivity index (χ3n) is 2.57. The van der Waals surface area contributed by atoms with Crippen LogP contribution in [0.4, 0.5) is 10.1 Å². The molecule has 0 bridgehead atoms. The highest BCUT2D eigenvalue weighted by Gasteiger charge is 2.14. The highest BCUT2D eigenvalue weighted by atomic mass is 32.2. The number of sulfonamides is 1. The molecule has 0 saturated carbocycles. The van der Waals surface area contributed by atoms with Gasteiger partial charge in [0.25, 0.3) is 10.0 Å². The average Bonchev–Trinajstić information content (AvgIpc) is 2.48. The van der Waals surface area contributed by atoms with E-state index in [2.05, 4.69) is 16.6 Å². The van der Waals surface area contributed by atoms with Gasteiger partial charge in [-0.1, -0.05) is 30.0 Å². The van der Waals surface area contributed by atoms with E-state index in [-0.39, 0.29) is 16.1 Å². The molecule has 2 aromatic carbocycles. The minimum atomic E-state index is -3.73. The number of hydrogen-bond donors (Lipinski definition) is 2. The second-order valence-corrected chi connectivity index (χ2v) is 5.76. The van der Waals surface area contributed by atoms with Crippen LogP contribution in [-0.2, 0) is 10.0 Å². The summed E-state index contributed by atoms with van der Waals surface area (Å²) in [7, 11) is -3.73. The Labute approximate surface area is 122 Å². The van der Waals surface area contributed by atoms with Crippen LogP contribution in [0, 0.1) is 17.7 Å². The van der Waals surface area contributed by atoms with Gasteiger partial charge in [-0.25, -0.2) is 12.8 Å². The van der Waals surface area contributed by atoms with Gasteiger partial charge >= 0.3 is 0 Å². The van der Waals surface area contributed by atoms with Gasteiger partial charge < -0.3 is 5.11 Å². The Bertz CT molecular complexity index is 793. The Balaban J connectivity index is 2.32. The maximum atomic E-state index is 13.5. The molecular weight excluding hydrogens is 293 g/mol. The molecule has 0 aromatic heterocycles. The van der Waals surface area contributed by atoms with Crippen LogP contribution in [0.25, 0.3) is 0 Å².